The summed E-state index contributed by atoms with van der Waals surface area (Å²) < 4.78 is 11.2. The highest BCUT2D eigenvalue weighted by Crippen LogP contribution is 2.34. The molecule has 0 aliphatic rings. The molecule has 0 radical (unpaired) electrons. The molecule has 3 aromatic rings. The number of pyridine rings is 1. The fraction of sp³-hybridized carbons (Fsp3) is 0.435. The number of nitrogens with zero attached hydrogens (tertiary/aromatic N) is 2. The molecule has 1 aromatic carbocycles. The van der Waals surface area contributed by atoms with Gasteiger partial charge in [-0.1, -0.05) is 29.7 Å². The van der Waals surface area contributed by atoms with Crippen LogP contribution in [0.25, 0.3) is 11.0 Å². The van der Waals surface area contributed by atoms with Crippen molar-refractivity contribution in [1.82, 2.24) is 10.1 Å². The van der Waals surface area contributed by atoms with E-state index in [4.69, 9.17) is 41.9 Å². The Morgan fingerprint density at radius 2 is 2.00 bits per heavy atom. The van der Waals surface area contributed by atoms with Crippen LogP contribution in [0.1, 0.15) is 49.7 Å². The fourth-order valence-electron chi connectivity index (χ4n) is 2.73. The lowest BCUT2D eigenvalue weighted by Gasteiger charge is -2.21. The minimum absolute atomic E-state index is 0.0202. The molecule has 0 saturated carbocycles. The molecular formula is C23H30ClN3O6. The number of carboxylic acid groups (broad SMARTS) is 1. The Balaban J connectivity index is 0.000000414. The van der Waals surface area contributed by atoms with Gasteiger partial charge in [-0.2, -0.15) is 0 Å². The van der Waals surface area contributed by atoms with Gasteiger partial charge in [-0.15, -0.1) is 0 Å². The number of rotatable bonds is 9. The van der Waals surface area contributed by atoms with Crippen LogP contribution in [0, 0.1) is 6.92 Å². The van der Waals surface area contributed by atoms with Crippen molar-refractivity contribution >= 4 is 28.5 Å². The summed E-state index contributed by atoms with van der Waals surface area (Å²) in [7, 11) is 0. The maximum absolute atomic E-state index is 10.7. The van der Waals surface area contributed by atoms with Crippen molar-refractivity contribution in [1.29, 1.82) is 0 Å². The van der Waals surface area contributed by atoms with Crippen LogP contribution in [-0.4, -0.2) is 50.2 Å². The van der Waals surface area contributed by atoms with Crippen molar-refractivity contribution in [3.05, 3.63) is 52.4 Å². The van der Waals surface area contributed by atoms with Crippen molar-refractivity contribution < 1.29 is 29.4 Å². The third-order valence-corrected chi connectivity index (χ3v) is 5.46. The van der Waals surface area contributed by atoms with E-state index in [-0.39, 0.29) is 32.2 Å². The molecule has 0 aliphatic carbocycles. The van der Waals surface area contributed by atoms with Gasteiger partial charge in [-0.3, -0.25) is 9.78 Å². The summed E-state index contributed by atoms with van der Waals surface area (Å²) in [4.78, 5) is 15.1. The molecule has 0 spiro atoms. The molecule has 33 heavy (non-hydrogen) atoms. The molecule has 1 unspecified atom stereocenters. The maximum Gasteiger partial charge on any atom is 0.303 e. The smallest absolute Gasteiger partial charge is 0.303 e. The molecular weight excluding hydrogens is 450 g/mol. The van der Waals surface area contributed by atoms with E-state index < -0.39 is 11.5 Å². The average Bonchev–Trinajstić information content (AvgIpc) is 3.19. The molecule has 0 aliphatic heterocycles. The summed E-state index contributed by atoms with van der Waals surface area (Å²) in [6.45, 7) is 5.38. The number of aliphatic carboxylic acids is 1. The van der Waals surface area contributed by atoms with E-state index in [1.165, 1.54) is 0 Å². The third kappa shape index (κ3) is 7.40. The van der Waals surface area contributed by atoms with Crippen LogP contribution in [0.4, 0.5) is 0 Å². The monoisotopic (exact) mass is 479 g/mol. The van der Waals surface area contributed by atoms with E-state index in [9.17, 15) is 4.79 Å². The van der Waals surface area contributed by atoms with Crippen LogP contribution >= 0.6 is 11.6 Å². The number of aliphatic hydroxyl groups excluding tert-OH is 2. The Morgan fingerprint density at radius 1 is 1.30 bits per heavy atom. The lowest BCUT2D eigenvalue weighted by atomic mass is 10.0. The van der Waals surface area contributed by atoms with E-state index in [0.717, 1.165) is 11.3 Å². The van der Waals surface area contributed by atoms with Crippen molar-refractivity contribution in [3.8, 4) is 5.75 Å². The van der Waals surface area contributed by atoms with E-state index in [1.807, 2.05) is 32.9 Å². The highest BCUT2D eigenvalue weighted by Gasteiger charge is 2.19. The van der Waals surface area contributed by atoms with Crippen molar-refractivity contribution in [3.63, 3.8) is 0 Å². The number of aliphatic hydroxyl groups is 2. The Labute approximate surface area is 197 Å². The minimum Gasteiger partial charge on any atom is -0.483 e. The van der Waals surface area contributed by atoms with Crippen LogP contribution in [0.5, 0.6) is 5.75 Å². The number of hydrogen-bond acceptors (Lipinski definition) is 8. The first-order valence-electron chi connectivity index (χ1n) is 10.5. The summed E-state index contributed by atoms with van der Waals surface area (Å²) in [6.07, 6.45) is 2.35. The Morgan fingerprint density at radius 3 is 2.52 bits per heavy atom. The zero-order chi connectivity index (χ0) is 24.6. The summed E-state index contributed by atoms with van der Waals surface area (Å²) in [5.41, 5.74) is 7.57. The number of fused-ring (bicyclic) bond motifs is 1. The number of carboxylic acids is 1. The number of ether oxygens (including phenoxy) is 1. The molecule has 0 fully saturated rings. The van der Waals surface area contributed by atoms with Gasteiger partial charge in [-0.05, 0) is 38.0 Å². The summed E-state index contributed by atoms with van der Waals surface area (Å²) in [5.74, 6) is -0.424. The first-order valence-corrected chi connectivity index (χ1v) is 10.9. The molecule has 5 N–H and O–H groups in total. The van der Waals surface area contributed by atoms with E-state index in [1.54, 1.807) is 18.3 Å². The predicted octanol–water partition coefficient (Wildman–Crippen LogP) is 3.42. The second-order valence-corrected chi connectivity index (χ2v) is 8.26. The predicted molar refractivity (Wildman–Crippen MR) is 124 cm³/mol. The number of hydrogen-bond donors (Lipinski definition) is 4. The molecule has 2 heterocycles. The van der Waals surface area contributed by atoms with Gasteiger partial charge in [0.15, 0.2) is 5.58 Å². The van der Waals surface area contributed by atoms with Gasteiger partial charge in [0.05, 0.1) is 41.6 Å². The van der Waals surface area contributed by atoms with Gasteiger partial charge >= 0.3 is 5.97 Å². The van der Waals surface area contributed by atoms with Crippen LogP contribution in [0.15, 0.2) is 35.0 Å². The number of halogens is 1. The largest absolute Gasteiger partial charge is 0.483 e. The Kier molecular flexibility index (Phi) is 9.60. The van der Waals surface area contributed by atoms with Crippen molar-refractivity contribution in [2.45, 2.75) is 51.7 Å². The lowest BCUT2D eigenvalue weighted by Crippen LogP contribution is -2.46. The second-order valence-electron chi connectivity index (χ2n) is 7.85. The van der Waals surface area contributed by atoms with Gasteiger partial charge in [0.2, 0.25) is 0 Å². The summed E-state index contributed by atoms with van der Waals surface area (Å²) >= 11 is 6.32. The molecule has 10 heteroatoms. The van der Waals surface area contributed by atoms with E-state index >= 15 is 0 Å². The third-order valence-electron chi connectivity index (χ3n) is 5.16. The topological polar surface area (TPSA) is 152 Å². The normalized spacial score (nSPS) is 12.2. The highest BCUT2D eigenvalue weighted by atomic mass is 35.5. The van der Waals surface area contributed by atoms with Gasteiger partial charge in [0, 0.05) is 24.1 Å². The SMILES string of the molecule is CCC(N)(CO)CO.Cc1ccc(C(C)Oc2cc3onc(CCC(=O)O)c3cc2Cl)nc1. The zero-order valence-corrected chi connectivity index (χ0v) is 19.7. The molecule has 1 atom stereocenters. The second kappa shape index (κ2) is 11.9. The molecule has 180 valence electrons. The first-order chi connectivity index (χ1) is 15.6. The lowest BCUT2D eigenvalue weighted by molar-refractivity contribution is -0.136. The standard InChI is InChI=1S/C18H17ClN2O4.C5H13NO2/c1-10-3-4-14(20-9-10)11(2)24-17-8-16-12(7-13(17)19)15(21-25-16)5-6-18(22)23;1-2-5(6,3-7)4-8/h3-4,7-9,11H,5-6H2,1-2H3,(H,22,23);7-8H,2-4,6H2,1H3. The first kappa shape index (κ1) is 26.5. The van der Waals surface area contributed by atoms with Crippen LogP contribution in [0.2, 0.25) is 5.02 Å². The highest BCUT2D eigenvalue weighted by molar-refractivity contribution is 6.32. The minimum atomic E-state index is -0.887. The number of carbonyl (C=O) groups is 1. The van der Waals surface area contributed by atoms with Gasteiger partial charge in [-0.25, -0.2) is 0 Å². The van der Waals surface area contributed by atoms with Gasteiger partial charge in [0.25, 0.3) is 0 Å². The number of nitrogens with two attached hydrogens (primary N) is 1. The van der Waals surface area contributed by atoms with Crippen LogP contribution < -0.4 is 10.5 Å². The Bertz CT molecular complexity index is 1040. The zero-order valence-electron chi connectivity index (χ0n) is 18.9. The summed E-state index contributed by atoms with van der Waals surface area (Å²) in [6, 6.07) is 7.23. The molecule has 9 nitrogen and oxygen atoms in total. The van der Waals surface area contributed by atoms with E-state index in [0.29, 0.717) is 33.9 Å². The molecule has 2 aromatic heterocycles. The van der Waals surface area contributed by atoms with E-state index in [2.05, 4.69) is 10.1 Å². The maximum atomic E-state index is 10.7. The Hall–Kier alpha value is -2.72. The van der Waals surface area contributed by atoms with Gasteiger partial charge in [0.1, 0.15) is 11.9 Å². The number of benzene rings is 1. The average molecular weight is 480 g/mol. The molecule has 3 rings (SSSR count). The number of aryl methyl sites for hydroxylation is 2. The number of aromatic nitrogens is 2. The molecule has 0 saturated heterocycles. The van der Waals surface area contributed by atoms with Gasteiger partial charge < -0.3 is 30.3 Å². The molecule has 0 bridgehead atoms. The van der Waals surface area contributed by atoms with Crippen molar-refractivity contribution in [2.75, 3.05) is 13.2 Å². The van der Waals surface area contributed by atoms with Crippen LogP contribution in [-0.2, 0) is 11.2 Å². The quantitative estimate of drug-likeness (QED) is 0.361. The molecule has 0 amide bonds. The fourth-order valence-corrected chi connectivity index (χ4v) is 2.94. The summed E-state index contributed by atoms with van der Waals surface area (Å²) in [5, 5.41) is 30.8. The van der Waals surface area contributed by atoms with Crippen molar-refractivity contribution in [2.24, 2.45) is 5.73 Å². The van der Waals surface area contributed by atoms with Crippen LogP contribution in [0.3, 0.4) is 0 Å².